The Morgan fingerprint density at radius 1 is 1.36 bits per heavy atom. The van der Waals surface area contributed by atoms with Crippen LogP contribution in [0, 0.1) is 0 Å². The van der Waals surface area contributed by atoms with Crippen molar-refractivity contribution in [2.24, 2.45) is 0 Å². The van der Waals surface area contributed by atoms with Crippen LogP contribution in [-0.2, 0) is 0 Å². The highest BCUT2D eigenvalue weighted by Crippen LogP contribution is 2.39. The maximum Gasteiger partial charge on any atom is 0.351 e. The summed E-state index contributed by atoms with van der Waals surface area (Å²) in [5, 5.41) is 0.676. The van der Waals surface area contributed by atoms with Gasteiger partial charge >= 0.3 is 5.69 Å². The summed E-state index contributed by atoms with van der Waals surface area (Å²) in [6.07, 6.45) is 5.21. The molecule has 7 heteroatoms. The van der Waals surface area contributed by atoms with Crippen LogP contribution in [0.5, 0.6) is 0 Å². The van der Waals surface area contributed by atoms with Gasteiger partial charge in [-0.2, -0.15) is 4.98 Å². The van der Waals surface area contributed by atoms with Crippen LogP contribution in [0.3, 0.4) is 0 Å². The van der Waals surface area contributed by atoms with Gasteiger partial charge in [0.15, 0.2) is 6.39 Å². The molecule has 0 aromatic carbocycles. The van der Waals surface area contributed by atoms with Crippen LogP contribution in [0.15, 0.2) is 33.9 Å². The first-order valence-corrected chi connectivity index (χ1v) is 7.22. The molecule has 0 amide bonds. The highest BCUT2D eigenvalue weighted by molar-refractivity contribution is 5.85. The molecule has 0 aliphatic heterocycles. The van der Waals surface area contributed by atoms with Gasteiger partial charge < -0.3 is 10.2 Å². The topological polar surface area (TPSA) is 99.8 Å². The van der Waals surface area contributed by atoms with E-state index < -0.39 is 5.69 Å². The molecule has 1 aliphatic rings. The molecule has 0 spiro atoms. The third kappa shape index (κ3) is 1.97. The maximum atomic E-state index is 12.4. The molecule has 3 aromatic rings. The van der Waals surface area contributed by atoms with Gasteiger partial charge in [0.1, 0.15) is 17.2 Å². The molecule has 22 heavy (non-hydrogen) atoms. The Bertz CT molecular complexity index is 896. The molecule has 1 atom stereocenters. The van der Waals surface area contributed by atoms with Crippen molar-refractivity contribution < 1.29 is 4.42 Å². The van der Waals surface area contributed by atoms with Crippen molar-refractivity contribution in [3.05, 3.63) is 46.7 Å². The number of anilines is 1. The molecule has 1 saturated carbocycles. The summed E-state index contributed by atoms with van der Waals surface area (Å²) < 4.78 is 6.83. The summed E-state index contributed by atoms with van der Waals surface area (Å²) >= 11 is 0. The predicted molar refractivity (Wildman–Crippen MR) is 80.5 cm³/mol. The largest absolute Gasteiger partial charge is 0.446 e. The summed E-state index contributed by atoms with van der Waals surface area (Å²) in [7, 11) is 0. The molecule has 0 bridgehead atoms. The molecule has 1 aliphatic carbocycles. The van der Waals surface area contributed by atoms with Crippen molar-refractivity contribution in [3.8, 4) is 0 Å². The second kappa shape index (κ2) is 4.66. The summed E-state index contributed by atoms with van der Waals surface area (Å²) in [5.41, 5.74) is 6.99. The number of hydrogen-bond acceptors (Lipinski definition) is 6. The number of oxazole rings is 1. The summed E-state index contributed by atoms with van der Waals surface area (Å²) in [5.74, 6) is 1.27. The van der Waals surface area contributed by atoms with Gasteiger partial charge in [0.05, 0.1) is 17.6 Å². The van der Waals surface area contributed by atoms with Crippen LogP contribution in [0.1, 0.15) is 43.2 Å². The SMILES string of the molecule is C[C@H](c1cnco1)n1c(=O)nc(N)c2ccc(C3CC3)nc21. The van der Waals surface area contributed by atoms with Crippen molar-refractivity contribution in [2.45, 2.75) is 31.7 Å². The summed E-state index contributed by atoms with van der Waals surface area (Å²) in [6.45, 7) is 1.85. The molecule has 0 saturated heterocycles. The molecular formula is C15H15N5O2. The van der Waals surface area contributed by atoms with Crippen molar-refractivity contribution in [1.29, 1.82) is 0 Å². The van der Waals surface area contributed by atoms with E-state index in [4.69, 9.17) is 10.2 Å². The summed E-state index contributed by atoms with van der Waals surface area (Å²) in [4.78, 5) is 24.8. The zero-order valence-corrected chi connectivity index (χ0v) is 12.1. The smallest absolute Gasteiger partial charge is 0.351 e. The van der Waals surface area contributed by atoms with E-state index in [1.54, 1.807) is 6.20 Å². The van der Waals surface area contributed by atoms with E-state index in [1.807, 2.05) is 19.1 Å². The highest BCUT2D eigenvalue weighted by Gasteiger charge is 2.26. The van der Waals surface area contributed by atoms with Crippen LogP contribution >= 0.6 is 0 Å². The average Bonchev–Trinajstić information content (AvgIpc) is 3.21. The molecule has 2 N–H and O–H groups in total. The number of aromatic nitrogens is 4. The minimum Gasteiger partial charge on any atom is -0.446 e. The minimum atomic E-state index is -0.436. The molecule has 4 rings (SSSR count). The van der Waals surface area contributed by atoms with Crippen LogP contribution in [0.25, 0.3) is 11.0 Å². The molecular weight excluding hydrogens is 282 g/mol. The van der Waals surface area contributed by atoms with Gasteiger partial charge in [-0.05, 0) is 31.9 Å². The zero-order valence-electron chi connectivity index (χ0n) is 12.1. The van der Waals surface area contributed by atoms with E-state index in [9.17, 15) is 4.79 Å². The Labute approximate surface area is 125 Å². The number of fused-ring (bicyclic) bond motifs is 1. The van der Waals surface area contributed by atoms with Crippen molar-refractivity contribution in [2.75, 3.05) is 5.73 Å². The number of nitrogen functional groups attached to an aromatic ring is 1. The van der Waals surface area contributed by atoms with Crippen LogP contribution < -0.4 is 11.4 Å². The van der Waals surface area contributed by atoms with Gasteiger partial charge in [-0.25, -0.2) is 14.8 Å². The molecule has 112 valence electrons. The average molecular weight is 297 g/mol. The Kier molecular flexibility index (Phi) is 2.75. The van der Waals surface area contributed by atoms with E-state index in [1.165, 1.54) is 11.0 Å². The first-order chi connectivity index (χ1) is 10.6. The normalized spacial score (nSPS) is 16.0. The number of hydrogen-bond donors (Lipinski definition) is 1. The lowest BCUT2D eigenvalue weighted by Gasteiger charge is -2.15. The van der Waals surface area contributed by atoms with Gasteiger partial charge in [-0.15, -0.1) is 0 Å². The number of rotatable bonds is 3. The van der Waals surface area contributed by atoms with Crippen LogP contribution in [-0.4, -0.2) is 19.5 Å². The van der Waals surface area contributed by atoms with Gasteiger partial charge in [-0.3, -0.25) is 4.57 Å². The molecule has 7 nitrogen and oxygen atoms in total. The van der Waals surface area contributed by atoms with Crippen molar-refractivity contribution >= 4 is 16.9 Å². The van der Waals surface area contributed by atoms with E-state index in [-0.39, 0.29) is 11.9 Å². The maximum absolute atomic E-state index is 12.4. The fraction of sp³-hybridized carbons (Fsp3) is 0.333. The van der Waals surface area contributed by atoms with E-state index in [2.05, 4.69) is 15.0 Å². The quantitative estimate of drug-likeness (QED) is 0.792. The first kappa shape index (κ1) is 13.0. The number of nitrogens with zero attached hydrogens (tertiary/aromatic N) is 4. The third-order valence-electron chi connectivity index (χ3n) is 4.07. The highest BCUT2D eigenvalue weighted by atomic mass is 16.3. The zero-order chi connectivity index (χ0) is 15.3. The van der Waals surface area contributed by atoms with Crippen LogP contribution in [0.4, 0.5) is 5.82 Å². The second-order valence-corrected chi connectivity index (χ2v) is 5.61. The lowest BCUT2D eigenvalue weighted by Crippen LogP contribution is -2.28. The van der Waals surface area contributed by atoms with E-state index in [0.717, 1.165) is 18.5 Å². The fourth-order valence-electron chi connectivity index (χ4n) is 2.67. The van der Waals surface area contributed by atoms with Gasteiger partial charge in [-0.1, -0.05) is 0 Å². The Hall–Kier alpha value is -2.70. The lowest BCUT2D eigenvalue weighted by molar-refractivity contribution is 0.440. The summed E-state index contributed by atoms with van der Waals surface area (Å²) in [6, 6.07) is 3.50. The number of pyridine rings is 1. The predicted octanol–water partition coefficient (Wildman–Crippen LogP) is 1.85. The fourth-order valence-corrected chi connectivity index (χ4v) is 2.67. The van der Waals surface area contributed by atoms with E-state index in [0.29, 0.717) is 22.7 Å². The monoisotopic (exact) mass is 297 g/mol. The Balaban J connectivity index is 1.99. The standard InChI is InChI=1S/C15H15N5O2/c1-8(12-6-17-7-22-12)20-14-10(13(16)19-15(20)21)4-5-11(18-14)9-2-3-9/h4-9H,2-3H2,1H3,(H2,16,19,21)/t8-/m1/s1. The van der Waals surface area contributed by atoms with Crippen LogP contribution in [0.2, 0.25) is 0 Å². The number of nitrogens with two attached hydrogens (primary N) is 1. The lowest BCUT2D eigenvalue weighted by atomic mass is 10.2. The van der Waals surface area contributed by atoms with Gasteiger partial charge in [0.25, 0.3) is 0 Å². The minimum absolute atomic E-state index is 0.205. The molecule has 3 aromatic heterocycles. The first-order valence-electron chi connectivity index (χ1n) is 7.22. The van der Waals surface area contributed by atoms with Gasteiger partial charge in [0, 0.05) is 11.6 Å². The Morgan fingerprint density at radius 3 is 2.86 bits per heavy atom. The molecule has 1 fully saturated rings. The van der Waals surface area contributed by atoms with E-state index >= 15 is 0 Å². The second-order valence-electron chi connectivity index (χ2n) is 5.61. The van der Waals surface area contributed by atoms with Gasteiger partial charge in [0.2, 0.25) is 0 Å². The third-order valence-corrected chi connectivity index (χ3v) is 4.07. The molecule has 3 heterocycles. The Morgan fingerprint density at radius 2 is 2.18 bits per heavy atom. The molecule has 0 radical (unpaired) electrons. The molecule has 0 unspecified atom stereocenters. The van der Waals surface area contributed by atoms with Crippen molar-refractivity contribution in [1.82, 2.24) is 19.5 Å². The van der Waals surface area contributed by atoms with Crippen molar-refractivity contribution in [3.63, 3.8) is 0 Å².